The Bertz CT molecular complexity index is 866. The van der Waals surface area contributed by atoms with Gasteiger partial charge in [0.05, 0.1) is 0 Å². The first-order chi connectivity index (χ1) is 10.9. The molecule has 23 heavy (non-hydrogen) atoms. The molecule has 0 amide bonds. The molecule has 0 spiro atoms. The quantitative estimate of drug-likeness (QED) is 0.862. The van der Waals surface area contributed by atoms with Crippen LogP contribution in [0.1, 0.15) is 12.5 Å². The average molecular weight is 394 g/mol. The Morgan fingerprint density at radius 2 is 2.17 bits per heavy atom. The van der Waals surface area contributed by atoms with Crippen LogP contribution >= 0.6 is 15.9 Å². The molecule has 0 atom stereocenters. The number of nitrogens with one attached hydrogen (secondary N) is 1. The summed E-state index contributed by atoms with van der Waals surface area (Å²) in [6, 6.07) is 8.62. The second-order valence-electron chi connectivity index (χ2n) is 5.37. The van der Waals surface area contributed by atoms with E-state index in [1.807, 2.05) is 17.9 Å². The zero-order valence-electron chi connectivity index (χ0n) is 12.6. The van der Waals surface area contributed by atoms with Gasteiger partial charge in [-0.3, -0.25) is 4.72 Å². The van der Waals surface area contributed by atoms with Gasteiger partial charge >= 0.3 is 0 Å². The number of benzene rings is 1. The van der Waals surface area contributed by atoms with Crippen molar-refractivity contribution in [2.24, 2.45) is 0 Å². The van der Waals surface area contributed by atoms with E-state index in [0.717, 1.165) is 29.9 Å². The van der Waals surface area contributed by atoms with Crippen molar-refractivity contribution in [2.75, 3.05) is 16.2 Å². The summed E-state index contributed by atoms with van der Waals surface area (Å²) < 4.78 is 28.4. The number of hydrogen-bond acceptors (Lipinski definition) is 4. The maximum Gasteiger partial charge on any atom is 0.264 e. The van der Waals surface area contributed by atoms with E-state index in [9.17, 15) is 8.42 Å². The molecule has 0 radical (unpaired) electrons. The molecule has 0 fully saturated rings. The Morgan fingerprint density at radius 3 is 2.83 bits per heavy atom. The summed E-state index contributed by atoms with van der Waals surface area (Å²) in [5.74, 6) is 0.289. The molecule has 1 aliphatic rings. The maximum atomic E-state index is 12.7. The number of sulfonamides is 1. The van der Waals surface area contributed by atoms with Crippen molar-refractivity contribution in [1.29, 1.82) is 0 Å². The number of aromatic nitrogens is 1. The molecule has 0 saturated heterocycles. The van der Waals surface area contributed by atoms with Crippen molar-refractivity contribution in [2.45, 2.75) is 18.2 Å². The van der Waals surface area contributed by atoms with Crippen molar-refractivity contribution in [3.63, 3.8) is 0 Å². The first-order valence-corrected chi connectivity index (χ1v) is 9.35. The molecule has 2 heterocycles. The van der Waals surface area contributed by atoms with E-state index in [0.29, 0.717) is 4.47 Å². The van der Waals surface area contributed by atoms with E-state index in [2.05, 4.69) is 32.2 Å². The van der Waals surface area contributed by atoms with Crippen molar-refractivity contribution < 1.29 is 8.42 Å². The van der Waals surface area contributed by atoms with Crippen LogP contribution in [0.3, 0.4) is 0 Å². The Morgan fingerprint density at radius 1 is 1.39 bits per heavy atom. The minimum absolute atomic E-state index is 0.190. The predicted molar refractivity (Wildman–Crippen MR) is 95.1 cm³/mol. The molecule has 0 unspecified atom stereocenters. The molecule has 7 heteroatoms. The largest absolute Gasteiger partial charge is 0.345 e. The van der Waals surface area contributed by atoms with Gasteiger partial charge in [-0.05, 0) is 59.1 Å². The lowest BCUT2D eigenvalue weighted by Gasteiger charge is -2.20. The van der Waals surface area contributed by atoms with E-state index in [4.69, 9.17) is 0 Å². The molecule has 0 bridgehead atoms. The van der Waals surface area contributed by atoms with E-state index in [1.165, 1.54) is 0 Å². The standard InChI is InChI=1S/C16H16BrN3O2S/c1-11(2)20-8-6-12-9-13(17)15(10-14(12)20)23(21,22)19-16-5-3-4-7-18-16/h3-5,7,9-10H,1,6,8H2,2H3,(H,18,19). The summed E-state index contributed by atoms with van der Waals surface area (Å²) in [4.78, 5) is 6.22. The summed E-state index contributed by atoms with van der Waals surface area (Å²) in [7, 11) is -3.73. The molecule has 1 aromatic carbocycles. The fraction of sp³-hybridized carbons (Fsp3) is 0.188. The Kier molecular flexibility index (Phi) is 4.16. The van der Waals surface area contributed by atoms with Crippen molar-refractivity contribution in [3.05, 3.63) is 58.8 Å². The highest BCUT2D eigenvalue weighted by molar-refractivity contribution is 9.10. The topological polar surface area (TPSA) is 62.3 Å². The Labute approximate surface area is 144 Å². The average Bonchev–Trinajstić information content (AvgIpc) is 2.89. The van der Waals surface area contributed by atoms with E-state index < -0.39 is 10.0 Å². The highest BCUT2D eigenvalue weighted by Crippen LogP contribution is 2.37. The van der Waals surface area contributed by atoms with Crippen LogP contribution in [0.4, 0.5) is 11.5 Å². The summed E-state index contributed by atoms with van der Waals surface area (Å²) in [5.41, 5.74) is 2.89. The van der Waals surface area contributed by atoms with Crippen LogP contribution in [0.5, 0.6) is 0 Å². The number of hydrogen-bond donors (Lipinski definition) is 1. The van der Waals surface area contributed by atoms with Crippen molar-refractivity contribution in [1.82, 2.24) is 4.98 Å². The predicted octanol–water partition coefficient (Wildman–Crippen LogP) is 3.54. The fourth-order valence-electron chi connectivity index (χ4n) is 2.61. The molecule has 120 valence electrons. The molecular formula is C16H16BrN3O2S. The van der Waals surface area contributed by atoms with Crippen LogP contribution in [-0.2, 0) is 16.4 Å². The molecule has 0 aliphatic carbocycles. The smallest absolute Gasteiger partial charge is 0.264 e. The third-order valence-electron chi connectivity index (χ3n) is 3.68. The summed E-state index contributed by atoms with van der Waals surface area (Å²) in [6.45, 7) is 6.69. The van der Waals surface area contributed by atoms with Gasteiger partial charge in [-0.2, -0.15) is 0 Å². The SMILES string of the molecule is C=C(C)N1CCc2cc(Br)c(S(=O)(=O)Nc3ccccn3)cc21. The first-order valence-electron chi connectivity index (χ1n) is 7.08. The number of nitrogens with zero attached hydrogens (tertiary/aromatic N) is 2. The van der Waals surface area contributed by atoms with E-state index >= 15 is 0 Å². The van der Waals surface area contributed by atoms with Gasteiger partial charge in [0.25, 0.3) is 10.0 Å². The third kappa shape index (κ3) is 3.11. The fourth-order valence-corrected chi connectivity index (χ4v) is 4.72. The third-order valence-corrected chi connectivity index (χ3v) is 6.00. The highest BCUT2D eigenvalue weighted by Gasteiger charge is 2.26. The number of pyridine rings is 1. The lowest BCUT2D eigenvalue weighted by Crippen LogP contribution is -2.18. The van der Waals surface area contributed by atoms with Crippen molar-refractivity contribution in [3.8, 4) is 0 Å². The molecule has 2 aromatic rings. The van der Waals surface area contributed by atoms with Gasteiger partial charge in [-0.25, -0.2) is 13.4 Å². The first kappa shape index (κ1) is 16.0. The number of allylic oxidation sites excluding steroid dienone is 1. The van der Waals surface area contributed by atoms with Crippen LogP contribution < -0.4 is 9.62 Å². The second kappa shape index (κ2) is 5.98. The van der Waals surface area contributed by atoms with E-state index in [1.54, 1.807) is 30.5 Å². The number of halogens is 1. The number of anilines is 2. The molecule has 0 saturated carbocycles. The van der Waals surface area contributed by atoms with Gasteiger partial charge in [-0.1, -0.05) is 12.6 Å². The second-order valence-corrected chi connectivity index (χ2v) is 7.87. The van der Waals surface area contributed by atoms with Gasteiger partial charge in [0.2, 0.25) is 0 Å². The van der Waals surface area contributed by atoms with Gasteiger partial charge < -0.3 is 4.90 Å². The van der Waals surface area contributed by atoms with E-state index in [-0.39, 0.29) is 10.7 Å². The number of rotatable bonds is 4. The maximum absolute atomic E-state index is 12.7. The molecule has 5 nitrogen and oxygen atoms in total. The van der Waals surface area contributed by atoms with Gasteiger partial charge in [0.15, 0.2) is 0 Å². The minimum Gasteiger partial charge on any atom is -0.345 e. The van der Waals surface area contributed by atoms with Crippen LogP contribution in [0.2, 0.25) is 0 Å². The van der Waals surface area contributed by atoms with Gasteiger partial charge in [0.1, 0.15) is 10.7 Å². The minimum atomic E-state index is -3.73. The summed E-state index contributed by atoms with van der Waals surface area (Å²) in [5, 5.41) is 0. The van der Waals surface area contributed by atoms with Gasteiger partial charge in [0, 0.05) is 28.6 Å². The molecular weight excluding hydrogens is 378 g/mol. The lowest BCUT2D eigenvalue weighted by molar-refractivity contribution is 0.600. The van der Waals surface area contributed by atoms with Crippen LogP contribution in [-0.4, -0.2) is 19.9 Å². The summed E-state index contributed by atoms with van der Waals surface area (Å²) in [6.07, 6.45) is 2.41. The normalized spacial score (nSPS) is 13.7. The zero-order valence-corrected chi connectivity index (χ0v) is 15.0. The molecule has 1 aromatic heterocycles. The Hall–Kier alpha value is -1.86. The van der Waals surface area contributed by atoms with Crippen LogP contribution in [0.15, 0.2) is 58.2 Å². The van der Waals surface area contributed by atoms with Crippen molar-refractivity contribution >= 4 is 37.5 Å². The lowest BCUT2D eigenvalue weighted by atomic mass is 10.2. The molecule has 1 aliphatic heterocycles. The summed E-state index contributed by atoms with van der Waals surface area (Å²) >= 11 is 3.38. The Balaban J connectivity index is 2.03. The van der Waals surface area contributed by atoms with Crippen LogP contribution in [0, 0.1) is 0 Å². The molecule has 1 N–H and O–H groups in total. The highest BCUT2D eigenvalue weighted by atomic mass is 79.9. The van der Waals surface area contributed by atoms with Crippen LogP contribution in [0.25, 0.3) is 0 Å². The zero-order chi connectivity index (χ0) is 16.6. The number of fused-ring (bicyclic) bond motifs is 1. The molecule has 3 rings (SSSR count). The monoisotopic (exact) mass is 393 g/mol. The van der Waals surface area contributed by atoms with Gasteiger partial charge in [-0.15, -0.1) is 0 Å².